The van der Waals surface area contributed by atoms with Crippen LogP contribution in [0.4, 0.5) is 5.13 Å². The number of aromatic nitrogens is 2. The highest BCUT2D eigenvalue weighted by atomic mass is 32.1. The van der Waals surface area contributed by atoms with Gasteiger partial charge in [0.1, 0.15) is 12.3 Å². The molecule has 28 heavy (non-hydrogen) atoms. The summed E-state index contributed by atoms with van der Waals surface area (Å²) in [5.74, 6) is 1.02. The highest BCUT2D eigenvalue weighted by Gasteiger charge is 2.36. The Morgan fingerprint density at radius 3 is 2.61 bits per heavy atom. The molecular weight excluding hydrogens is 392 g/mol. The Labute approximate surface area is 174 Å². The first-order valence-corrected chi connectivity index (χ1v) is 11.2. The van der Waals surface area contributed by atoms with Gasteiger partial charge in [-0.15, -0.1) is 5.10 Å². The molecule has 150 valence electrons. The molecule has 2 aromatic rings. The Bertz CT molecular complexity index is 884. The van der Waals surface area contributed by atoms with E-state index in [-0.39, 0.29) is 5.91 Å². The lowest BCUT2D eigenvalue weighted by Crippen LogP contribution is -3.11. The highest BCUT2D eigenvalue weighted by Crippen LogP contribution is 2.33. The van der Waals surface area contributed by atoms with Gasteiger partial charge in [-0.25, -0.2) is 0 Å². The smallest absolute Gasteiger partial charge is 0.228 e. The number of nitrogens with zero attached hydrogens (tertiary/aromatic N) is 3. The lowest BCUT2D eigenvalue weighted by atomic mass is 10.2. The Balaban J connectivity index is 1.50. The van der Waals surface area contributed by atoms with Crippen molar-refractivity contribution < 1.29 is 14.4 Å². The Hall–Kier alpha value is -1.77. The quantitative estimate of drug-likeness (QED) is 0.635. The third-order valence-corrected chi connectivity index (χ3v) is 6.69. The molecule has 4 rings (SSSR count). The molecule has 1 unspecified atom stereocenters. The van der Waals surface area contributed by atoms with E-state index in [9.17, 15) is 4.79 Å². The number of hydrogen-bond acceptors (Lipinski definition) is 5. The van der Waals surface area contributed by atoms with Crippen molar-refractivity contribution in [3.8, 4) is 5.75 Å². The van der Waals surface area contributed by atoms with Crippen molar-refractivity contribution >= 4 is 34.6 Å². The van der Waals surface area contributed by atoms with Crippen molar-refractivity contribution in [1.29, 1.82) is 0 Å². The van der Waals surface area contributed by atoms with Gasteiger partial charge in [0.25, 0.3) is 0 Å². The summed E-state index contributed by atoms with van der Waals surface area (Å²) >= 11 is 7.06. The van der Waals surface area contributed by atoms with Crippen molar-refractivity contribution in [3.05, 3.63) is 33.8 Å². The monoisotopic (exact) mass is 419 g/mol. The number of amides is 1. The molecule has 0 bridgehead atoms. The number of carbonyl (C=O) groups excluding carboxylic acids is 1. The topological polar surface area (TPSA) is 51.8 Å². The fourth-order valence-electron chi connectivity index (χ4n) is 3.48. The maximum atomic E-state index is 12.4. The lowest BCUT2D eigenvalue weighted by molar-refractivity contribution is -0.947. The second-order valence-corrected chi connectivity index (χ2v) is 9.22. The van der Waals surface area contributed by atoms with Gasteiger partial charge in [0.15, 0.2) is 10.6 Å². The van der Waals surface area contributed by atoms with Crippen molar-refractivity contribution in [2.24, 2.45) is 0 Å². The SMILES string of the molecule is CCC(=O)N(c1nn(C[NH+](Cc2ccc(OC)cc2)C2CC2)c(=S)s1)C1CC1. The van der Waals surface area contributed by atoms with E-state index < -0.39 is 0 Å². The highest BCUT2D eigenvalue weighted by molar-refractivity contribution is 7.73. The summed E-state index contributed by atoms with van der Waals surface area (Å²) in [4.78, 5) is 15.7. The molecule has 8 heteroatoms. The normalized spacial score (nSPS) is 17.4. The van der Waals surface area contributed by atoms with E-state index in [0.29, 0.717) is 18.5 Å². The number of carbonyl (C=O) groups is 1. The van der Waals surface area contributed by atoms with Crippen LogP contribution in [0.3, 0.4) is 0 Å². The number of anilines is 1. The standard InChI is InChI=1S/C20H26N4O2S2/c1-3-18(25)24(16-8-9-16)19-21-23(20(27)28-19)13-22(15-6-7-15)12-14-4-10-17(26-2)11-5-14/h4-5,10-11,15-16H,3,6-9,12-13H2,1-2H3/p+1. The first kappa shape index (κ1) is 19.5. The van der Waals surface area contributed by atoms with E-state index in [1.54, 1.807) is 7.11 Å². The van der Waals surface area contributed by atoms with Gasteiger partial charge in [-0.2, -0.15) is 4.68 Å². The first-order valence-electron chi connectivity index (χ1n) is 9.96. The Kier molecular flexibility index (Phi) is 5.80. The predicted octanol–water partition coefficient (Wildman–Crippen LogP) is 2.79. The second-order valence-electron chi connectivity index (χ2n) is 7.61. The maximum absolute atomic E-state index is 12.4. The predicted molar refractivity (Wildman–Crippen MR) is 112 cm³/mol. The van der Waals surface area contributed by atoms with E-state index in [1.165, 1.54) is 34.6 Å². The van der Waals surface area contributed by atoms with Crippen molar-refractivity contribution in [3.63, 3.8) is 0 Å². The van der Waals surface area contributed by atoms with Gasteiger partial charge >= 0.3 is 0 Å². The minimum Gasteiger partial charge on any atom is -0.497 e. The van der Waals surface area contributed by atoms with Crippen molar-refractivity contribution in [1.82, 2.24) is 9.78 Å². The molecular formula is C20H27N4O2S2+. The van der Waals surface area contributed by atoms with Crippen LogP contribution in [0.5, 0.6) is 5.75 Å². The number of rotatable bonds is 9. The zero-order chi connectivity index (χ0) is 19.7. The molecule has 0 radical (unpaired) electrons. The van der Waals surface area contributed by atoms with Crippen LogP contribution in [-0.2, 0) is 18.0 Å². The van der Waals surface area contributed by atoms with Gasteiger partial charge in [0.2, 0.25) is 11.0 Å². The van der Waals surface area contributed by atoms with Crippen molar-refractivity contribution in [2.75, 3.05) is 12.0 Å². The summed E-state index contributed by atoms with van der Waals surface area (Å²) in [5, 5.41) is 5.52. The Morgan fingerprint density at radius 1 is 1.32 bits per heavy atom. The van der Waals surface area contributed by atoms with E-state index in [4.69, 9.17) is 22.1 Å². The van der Waals surface area contributed by atoms with E-state index in [1.807, 2.05) is 28.6 Å². The zero-order valence-corrected chi connectivity index (χ0v) is 18.0. The molecule has 0 aliphatic heterocycles. The van der Waals surface area contributed by atoms with Crippen LogP contribution >= 0.6 is 23.6 Å². The molecule has 2 saturated carbocycles. The van der Waals surface area contributed by atoms with Crippen LogP contribution in [-0.4, -0.2) is 34.9 Å². The molecule has 1 amide bonds. The Morgan fingerprint density at radius 2 is 2.04 bits per heavy atom. The van der Waals surface area contributed by atoms with E-state index in [0.717, 1.165) is 40.9 Å². The number of methoxy groups -OCH3 is 1. The molecule has 1 aromatic heterocycles. The van der Waals surface area contributed by atoms with Crippen LogP contribution in [0.15, 0.2) is 24.3 Å². The molecule has 1 aromatic carbocycles. The number of quaternary nitrogens is 1. The molecule has 1 N–H and O–H groups in total. The summed E-state index contributed by atoms with van der Waals surface area (Å²) < 4.78 is 7.93. The zero-order valence-electron chi connectivity index (χ0n) is 16.4. The minimum absolute atomic E-state index is 0.142. The summed E-state index contributed by atoms with van der Waals surface area (Å²) in [6.07, 6.45) is 5.13. The average molecular weight is 420 g/mol. The fourth-order valence-corrected chi connectivity index (χ4v) is 4.67. The lowest BCUT2D eigenvalue weighted by Gasteiger charge is -2.20. The van der Waals surface area contributed by atoms with Crippen molar-refractivity contribution in [2.45, 2.75) is 64.3 Å². The molecule has 2 aliphatic carbocycles. The first-order chi connectivity index (χ1) is 13.6. The van der Waals surface area contributed by atoms with Gasteiger partial charge in [0, 0.05) is 30.9 Å². The molecule has 0 saturated heterocycles. The van der Waals surface area contributed by atoms with E-state index in [2.05, 4.69) is 12.1 Å². The maximum Gasteiger partial charge on any atom is 0.228 e. The summed E-state index contributed by atoms with van der Waals surface area (Å²) in [7, 11) is 1.69. The molecule has 1 atom stereocenters. The van der Waals surface area contributed by atoms with Crippen LogP contribution in [0.2, 0.25) is 0 Å². The summed E-state index contributed by atoms with van der Waals surface area (Å²) in [6, 6.07) is 9.24. The van der Waals surface area contributed by atoms with Gasteiger partial charge in [-0.05, 0) is 49.3 Å². The summed E-state index contributed by atoms with van der Waals surface area (Å²) in [6.45, 7) is 3.58. The van der Waals surface area contributed by atoms with Gasteiger partial charge in [0.05, 0.1) is 13.2 Å². The van der Waals surface area contributed by atoms with Crippen LogP contribution in [0, 0.1) is 3.95 Å². The minimum atomic E-state index is 0.142. The molecule has 2 fully saturated rings. The van der Waals surface area contributed by atoms with Gasteiger partial charge in [-0.3, -0.25) is 9.69 Å². The molecule has 6 nitrogen and oxygen atoms in total. The number of ether oxygens (including phenoxy) is 1. The van der Waals surface area contributed by atoms with Crippen LogP contribution in [0.1, 0.15) is 44.6 Å². The second kappa shape index (κ2) is 8.31. The van der Waals surface area contributed by atoms with Gasteiger partial charge < -0.3 is 9.64 Å². The van der Waals surface area contributed by atoms with Crippen LogP contribution in [0.25, 0.3) is 0 Å². The third kappa shape index (κ3) is 4.45. The van der Waals surface area contributed by atoms with Crippen LogP contribution < -0.4 is 14.5 Å². The number of nitrogens with one attached hydrogen (secondary N) is 1. The van der Waals surface area contributed by atoms with Gasteiger partial charge in [-0.1, -0.05) is 18.3 Å². The number of hydrogen-bond donors (Lipinski definition) is 1. The fraction of sp³-hybridized carbons (Fsp3) is 0.550. The largest absolute Gasteiger partial charge is 0.497 e. The average Bonchev–Trinajstić information content (AvgIpc) is 3.61. The molecule has 0 spiro atoms. The molecule has 2 aliphatic rings. The molecule has 1 heterocycles. The third-order valence-electron chi connectivity index (χ3n) is 5.38. The van der Waals surface area contributed by atoms with E-state index >= 15 is 0 Å². The number of benzene rings is 1. The summed E-state index contributed by atoms with van der Waals surface area (Å²) in [5.41, 5.74) is 1.28.